The van der Waals surface area contributed by atoms with Crippen LogP contribution >= 0.6 is 0 Å². The van der Waals surface area contributed by atoms with Gasteiger partial charge in [-0.25, -0.2) is 0 Å². The van der Waals surface area contributed by atoms with E-state index >= 15 is 0 Å². The number of carboxylic acids is 2. The van der Waals surface area contributed by atoms with Crippen molar-refractivity contribution >= 4 is 28.4 Å². The summed E-state index contributed by atoms with van der Waals surface area (Å²) in [7, 11) is 0. The average Bonchev–Trinajstić information content (AvgIpc) is 2.53. The van der Waals surface area contributed by atoms with E-state index in [-0.39, 0.29) is 91.6 Å². The number of nitrogens with zero attached hydrogens (tertiary/aromatic N) is 1. The normalized spacial score (nSPS) is 11.6. The van der Waals surface area contributed by atoms with Crippen LogP contribution in [0.15, 0.2) is 42.5 Å². The molecule has 0 saturated carbocycles. The molecule has 122 valence electrons. The molecule has 0 amide bonds. The third kappa shape index (κ3) is 8.22. The number of carbonyl (C=O) groups is 2. The number of hydrogen-bond acceptors (Lipinski definition) is 8. The first kappa shape index (κ1) is 26.8. The standard InChI is InChI=1S/C10H7NO2.C4H6O6.K.Na/c12-11(13)10-7-3-5-8-4-1-2-6-9(8)10;5-1(3(7)8)2(6)4(9)10;;/h1-7H;1-2,5-6H,(H,7,8)(H,9,10);;/q;;2*+1/p-2. The summed E-state index contributed by atoms with van der Waals surface area (Å²) in [5, 5.41) is 47.9. The summed E-state index contributed by atoms with van der Waals surface area (Å²) in [5.41, 5.74) is 0.165. The summed E-state index contributed by atoms with van der Waals surface area (Å²) in [4.78, 5) is 29.5. The maximum absolute atomic E-state index is 10.6. The minimum atomic E-state index is -2.44. The fourth-order valence-corrected chi connectivity index (χ4v) is 1.63. The number of aliphatic hydroxyl groups excluding tert-OH is 2. The zero-order chi connectivity index (χ0) is 17.6. The Morgan fingerprint density at radius 2 is 1.36 bits per heavy atom. The molecule has 2 N–H and O–H groups in total. The second-order valence-electron chi connectivity index (χ2n) is 4.28. The molecule has 0 aromatic heterocycles. The maximum atomic E-state index is 10.6. The first-order valence-corrected chi connectivity index (χ1v) is 6.15. The van der Waals surface area contributed by atoms with Crippen molar-refractivity contribution in [2.24, 2.45) is 0 Å². The van der Waals surface area contributed by atoms with Gasteiger partial charge < -0.3 is 30.0 Å². The van der Waals surface area contributed by atoms with E-state index in [4.69, 9.17) is 10.2 Å². The van der Waals surface area contributed by atoms with Gasteiger partial charge in [-0.2, -0.15) is 0 Å². The van der Waals surface area contributed by atoms with Crippen molar-refractivity contribution in [2.45, 2.75) is 12.2 Å². The van der Waals surface area contributed by atoms with E-state index in [1.807, 2.05) is 18.2 Å². The number of aliphatic carboxylic acids is 2. The molecule has 0 aliphatic carbocycles. The molecule has 0 fully saturated rings. The number of carbonyl (C=O) groups excluding carboxylic acids is 2. The fraction of sp³-hybridized carbons (Fsp3) is 0.143. The van der Waals surface area contributed by atoms with Crippen molar-refractivity contribution in [1.82, 2.24) is 0 Å². The quantitative estimate of drug-likeness (QED) is 0.299. The molecule has 2 unspecified atom stereocenters. The molecule has 0 bridgehead atoms. The largest absolute Gasteiger partial charge is 1.00 e. The van der Waals surface area contributed by atoms with Crippen molar-refractivity contribution in [1.29, 1.82) is 0 Å². The summed E-state index contributed by atoms with van der Waals surface area (Å²) in [6, 6.07) is 12.4. The van der Waals surface area contributed by atoms with E-state index in [9.17, 15) is 29.9 Å². The predicted octanol–water partition coefficient (Wildman–Crippen LogP) is -8.04. The number of aliphatic hydroxyl groups is 2. The molecule has 2 aromatic carbocycles. The van der Waals surface area contributed by atoms with E-state index in [0.717, 1.165) is 5.39 Å². The Kier molecular flexibility index (Phi) is 13.8. The van der Waals surface area contributed by atoms with Gasteiger partial charge in [-0.3, -0.25) is 10.1 Å². The summed E-state index contributed by atoms with van der Waals surface area (Å²) in [5.74, 6) is -4.12. The molecule has 0 aliphatic rings. The average molecular weight is 383 g/mol. The number of carboxylic acid groups (broad SMARTS) is 2. The second-order valence-corrected chi connectivity index (χ2v) is 4.28. The van der Waals surface area contributed by atoms with E-state index in [2.05, 4.69) is 0 Å². The van der Waals surface area contributed by atoms with Crippen molar-refractivity contribution in [3.05, 3.63) is 52.6 Å². The maximum Gasteiger partial charge on any atom is 1.00 e. The Bertz CT molecular complexity index is 718. The molecule has 2 rings (SSSR count). The van der Waals surface area contributed by atoms with Gasteiger partial charge in [0.2, 0.25) is 0 Å². The molecule has 0 radical (unpaired) electrons. The minimum Gasteiger partial charge on any atom is -0.547 e. The van der Waals surface area contributed by atoms with Crippen molar-refractivity contribution in [3.8, 4) is 0 Å². The molecule has 2 atom stereocenters. The topological polar surface area (TPSA) is 164 Å². The SMILES string of the molecule is O=C([O-])C(O)C(O)C(=O)[O-].O=[N+]([O-])c1cccc2ccccc12.[K+].[Na+]. The third-order valence-electron chi connectivity index (χ3n) is 2.75. The zero-order valence-corrected chi connectivity index (χ0v) is 18.6. The van der Waals surface area contributed by atoms with Crippen LogP contribution in [0, 0.1) is 10.1 Å². The van der Waals surface area contributed by atoms with Gasteiger partial charge in [-0.1, -0.05) is 30.3 Å². The number of nitro benzene ring substituents is 1. The van der Waals surface area contributed by atoms with Gasteiger partial charge in [-0.15, -0.1) is 0 Å². The van der Waals surface area contributed by atoms with Crippen LogP contribution in [0.1, 0.15) is 0 Å². The molecule has 0 aliphatic heterocycles. The summed E-state index contributed by atoms with van der Waals surface area (Å²) < 4.78 is 0. The molecule has 0 heterocycles. The Morgan fingerprint density at radius 3 is 1.80 bits per heavy atom. The minimum absolute atomic E-state index is 0. The predicted molar refractivity (Wildman–Crippen MR) is 72.6 cm³/mol. The summed E-state index contributed by atoms with van der Waals surface area (Å²) in [6.07, 6.45) is -4.88. The van der Waals surface area contributed by atoms with E-state index in [0.29, 0.717) is 5.39 Å². The van der Waals surface area contributed by atoms with Crippen LogP contribution in [0.25, 0.3) is 10.8 Å². The van der Waals surface area contributed by atoms with E-state index in [1.165, 1.54) is 6.07 Å². The van der Waals surface area contributed by atoms with Crippen LogP contribution in [0.2, 0.25) is 0 Å². The van der Waals surface area contributed by atoms with Gasteiger partial charge in [0, 0.05) is 6.07 Å². The van der Waals surface area contributed by atoms with Crippen molar-refractivity contribution in [3.63, 3.8) is 0 Å². The van der Waals surface area contributed by atoms with Gasteiger partial charge in [0.15, 0.2) is 0 Å². The number of nitro groups is 1. The number of hydrogen-bond donors (Lipinski definition) is 2. The van der Waals surface area contributed by atoms with Gasteiger partial charge in [0.1, 0.15) is 12.2 Å². The number of rotatable bonds is 4. The third-order valence-corrected chi connectivity index (χ3v) is 2.75. The van der Waals surface area contributed by atoms with Gasteiger partial charge in [0.25, 0.3) is 5.69 Å². The van der Waals surface area contributed by atoms with Gasteiger partial charge in [-0.05, 0) is 11.5 Å². The summed E-state index contributed by atoms with van der Waals surface area (Å²) >= 11 is 0. The van der Waals surface area contributed by atoms with Gasteiger partial charge in [0.05, 0.1) is 22.2 Å². The zero-order valence-electron chi connectivity index (χ0n) is 13.5. The Hall–Kier alpha value is -0.404. The summed E-state index contributed by atoms with van der Waals surface area (Å²) in [6.45, 7) is 0. The second kappa shape index (κ2) is 12.9. The number of non-ortho nitro benzene ring substituents is 1. The van der Waals surface area contributed by atoms with Gasteiger partial charge >= 0.3 is 80.9 Å². The van der Waals surface area contributed by atoms with E-state index in [1.54, 1.807) is 18.2 Å². The first-order chi connectivity index (χ1) is 10.8. The van der Waals surface area contributed by atoms with Crippen LogP contribution in [0.4, 0.5) is 5.69 Å². The molecule has 25 heavy (non-hydrogen) atoms. The van der Waals surface area contributed by atoms with Crippen LogP contribution in [-0.4, -0.2) is 39.3 Å². The molecule has 11 heteroatoms. The molecular formula is C14H11KNNaO8. The number of fused-ring (bicyclic) bond motifs is 1. The Balaban J connectivity index is 0. The van der Waals surface area contributed by atoms with Crippen molar-refractivity contribution < 1.29 is 116 Å². The number of benzene rings is 2. The first-order valence-electron chi connectivity index (χ1n) is 6.15. The van der Waals surface area contributed by atoms with Crippen molar-refractivity contribution in [2.75, 3.05) is 0 Å². The smallest absolute Gasteiger partial charge is 0.547 e. The molecule has 2 aromatic rings. The van der Waals surface area contributed by atoms with Crippen LogP contribution in [-0.2, 0) is 9.59 Å². The molecule has 9 nitrogen and oxygen atoms in total. The van der Waals surface area contributed by atoms with E-state index < -0.39 is 24.1 Å². The van der Waals surface area contributed by atoms with Crippen LogP contribution < -0.4 is 91.2 Å². The Labute approximate surface area is 206 Å². The van der Waals surface area contributed by atoms with Crippen LogP contribution in [0.5, 0.6) is 0 Å². The Morgan fingerprint density at radius 1 is 0.920 bits per heavy atom. The molecular weight excluding hydrogens is 372 g/mol. The molecule has 0 saturated heterocycles. The monoisotopic (exact) mass is 383 g/mol. The molecule has 0 spiro atoms. The fourth-order valence-electron chi connectivity index (χ4n) is 1.63. The van der Waals surface area contributed by atoms with Crippen LogP contribution in [0.3, 0.4) is 0 Å².